The van der Waals surface area contributed by atoms with Crippen LogP contribution in [-0.2, 0) is 13.0 Å². The molecule has 2 aliphatic carbocycles. The molecular weight excluding hydrogens is 378 g/mol. The molecule has 3 fully saturated rings. The summed E-state index contributed by atoms with van der Waals surface area (Å²) in [5.74, 6) is 1.65. The quantitative estimate of drug-likeness (QED) is 0.625. The first kappa shape index (κ1) is 20.8. The SMILES string of the molecule is C=C(NC1CCC2C1CCN2Cc1cccc(CC2CCCC2)c1)c1cncc(C)c1. The van der Waals surface area contributed by atoms with Crippen molar-refractivity contribution in [2.24, 2.45) is 11.8 Å². The zero-order valence-corrected chi connectivity index (χ0v) is 19.0. The Labute approximate surface area is 188 Å². The number of rotatable bonds is 7. The number of aromatic nitrogens is 1. The van der Waals surface area contributed by atoms with Crippen LogP contribution in [0.5, 0.6) is 0 Å². The molecule has 3 aliphatic rings. The van der Waals surface area contributed by atoms with E-state index in [1.165, 1.54) is 69.0 Å². The van der Waals surface area contributed by atoms with Crippen molar-refractivity contribution >= 4 is 5.70 Å². The second kappa shape index (κ2) is 9.16. The summed E-state index contributed by atoms with van der Waals surface area (Å²) in [5.41, 5.74) is 6.39. The number of aryl methyl sites for hydroxylation is 1. The van der Waals surface area contributed by atoms with Gasteiger partial charge >= 0.3 is 0 Å². The number of benzene rings is 1. The van der Waals surface area contributed by atoms with Gasteiger partial charge < -0.3 is 5.32 Å². The molecule has 2 saturated carbocycles. The van der Waals surface area contributed by atoms with E-state index in [1.54, 1.807) is 5.56 Å². The number of pyridine rings is 1. The zero-order valence-electron chi connectivity index (χ0n) is 19.0. The van der Waals surface area contributed by atoms with Crippen LogP contribution in [0.25, 0.3) is 5.70 Å². The highest BCUT2D eigenvalue weighted by molar-refractivity contribution is 5.61. The maximum atomic E-state index is 4.34. The molecule has 3 atom stereocenters. The first-order valence-corrected chi connectivity index (χ1v) is 12.3. The van der Waals surface area contributed by atoms with Crippen molar-refractivity contribution < 1.29 is 0 Å². The van der Waals surface area contributed by atoms with Crippen LogP contribution in [0.15, 0.2) is 49.3 Å². The topological polar surface area (TPSA) is 28.2 Å². The lowest BCUT2D eigenvalue weighted by atomic mass is 9.96. The average molecular weight is 416 g/mol. The summed E-state index contributed by atoms with van der Waals surface area (Å²) in [6, 6.07) is 12.9. The third-order valence-electron chi connectivity index (χ3n) is 7.96. The molecule has 164 valence electrons. The van der Waals surface area contributed by atoms with Gasteiger partial charge in [0.2, 0.25) is 0 Å². The van der Waals surface area contributed by atoms with Crippen molar-refractivity contribution in [2.75, 3.05) is 6.54 Å². The number of nitrogens with one attached hydrogen (secondary N) is 1. The average Bonchev–Trinajstić information content (AvgIpc) is 3.49. The molecular formula is C28H37N3. The summed E-state index contributed by atoms with van der Waals surface area (Å²) in [7, 11) is 0. The van der Waals surface area contributed by atoms with Gasteiger partial charge in [-0.05, 0) is 73.7 Å². The van der Waals surface area contributed by atoms with Crippen LogP contribution in [0, 0.1) is 18.8 Å². The fourth-order valence-corrected chi connectivity index (χ4v) is 6.41. The van der Waals surface area contributed by atoms with E-state index < -0.39 is 0 Å². The largest absolute Gasteiger partial charge is 0.382 e. The summed E-state index contributed by atoms with van der Waals surface area (Å²) < 4.78 is 0. The molecule has 5 rings (SSSR count). The van der Waals surface area contributed by atoms with Gasteiger partial charge in [0.15, 0.2) is 0 Å². The van der Waals surface area contributed by atoms with E-state index >= 15 is 0 Å². The van der Waals surface area contributed by atoms with Gasteiger partial charge in [0, 0.05) is 42.3 Å². The fraction of sp³-hybridized carbons (Fsp3) is 0.536. The lowest BCUT2D eigenvalue weighted by Gasteiger charge is -2.25. The summed E-state index contributed by atoms with van der Waals surface area (Å²) in [6.45, 7) is 8.74. The Hall–Kier alpha value is -2.13. The zero-order chi connectivity index (χ0) is 21.2. The van der Waals surface area contributed by atoms with Crippen molar-refractivity contribution in [1.82, 2.24) is 15.2 Å². The molecule has 31 heavy (non-hydrogen) atoms. The molecule has 0 spiro atoms. The van der Waals surface area contributed by atoms with Crippen molar-refractivity contribution in [3.8, 4) is 0 Å². The fourth-order valence-electron chi connectivity index (χ4n) is 6.41. The minimum atomic E-state index is 0.539. The lowest BCUT2D eigenvalue weighted by Crippen LogP contribution is -2.35. The van der Waals surface area contributed by atoms with Crippen LogP contribution in [0.3, 0.4) is 0 Å². The Morgan fingerprint density at radius 2 is 1.90 bits per heavy atom. The van der Waals surface area contributed by atoms with Crippen LogP contribution < -0.4 is 5.32 Å². The molecule has 1 aliphatic heterocycles. The van der Waals surface area contributed by atoms with Gasteiger partial charge in [-0.15, -0.1) is 0 Å². The number of likely N-dealkylation sites (tertiary alicyclic amines) is 1. The van der Waals surface area contributed by atoms with Gasteiger partial charge in [0.25, 0.3) is 0 Å². The molecule has 3 heteroatoms. The Morgan fingerprint density at radius 1 is 1.06 bits per heavy atom. The van der Waals surface area contributed by atoms with E-state index in [0.29, 0.717) is 12.1 Å². The van der Waals surface area contributed by atoms with E-state index in [1.807, 2.05) is 12.4 Å². The predicted molar refractivity (Wildman–Crippen MR) is 129 cm³/mol. The summed E-state index contributed by atoms with van der Waals surface area (Å²) in [4.78, 5) is 7.08. The molecule has 1 saturated heterocycles. The van der Waals surface area contributed by atoms with Gasteiger partial charge in [0.05, 0.1) is 0 Å². The van der Waals surface area contributed by atoms with E-state index in [4.69, 9.17) is 0 Å². The molecule has 0 bridgehead atoms. The highest BCUT2D eigenvalue weighted by Crippen LogP contribution is 2.39. The summed E-state index contributed by atoms with van der Waals surface area (Å²) in [6.07, 6.45) is 14.7. The minimum absolute atomic E-state index is 0.539. The van der Waals surface area contributed by atoms with Crippen LogP contribution in [0.1, 0.15) is 67.2 Å². The molecule has 1 aromatic carbocycles. The predicted octanol–water partition coefficient (Wildman–Crippen LogP) is 5.74. The Morgan fingerprint density at radius 3 is 2.74 bits per heavy atom. The lowest BCUT2D eigenvalue weighted by molar-refractivity contribution is 0.230. The maximum absolute atomic E-state index is 4.34. The number of fused-ring (bicyclic) bond motifs is 1. The highest BCUT2D eigenvalue weighted by atomic mass is 15.2. The van der Waals surface area contributed by atoms with Crippen LogP contribution in [0.4, 0.5) is 0 Å². The van der Waals surface area contributed by atoms with Crippen LogP contribution >= 0.6 is 0 Å². The third-order valence-corrected chi connectivity index (χ3v) is 7.96. The number of nitrogens with zero attached hydrogens (tertiary/aromatic N) is 2. The molecule has 2 heterocycles. The smallest absolute Gasteiger partial charge is 0.0361 e. The van der Waals surface area contributed by atoms with Gasteiger partial charge in [0.1, 0.15) is 0 Å². The minimum Gasteiger partial charge on any atom is -0.382 e. The van der Waals surface area contributed by atoms with E-state index in [0.717, 1.165) is 29.6 Å². The second-order valence-corrected chi connectivity index (χ2v) is 10.2. The Kier molecular flexibility index (Phi) is 6.13. The standard InChI is InChI=1S/C28H37N3/c1-20-14-25(18-29-17-20)21(2)30-27-10-11-28-26(27)12-13-31(28)19-24-9-5-8-23(16-24)15-22-6-3-4-7-22/h5,8-9,14,16-18,22,26-28,30H,2-4,6-7,10-13,15,19H2,1H3. The van der Waals surface area contributed by atoms with Crippen LogP contribution in [0.2, 0.25) is 0 Å². The highest BCUT2D eigenvalue weighted by Gasteiger charge is 2.43. The summed E-state index contributed by atoms with van der Waals surface area (Å²) in [5, 5.41) is 3.77. The van der Waals surface area contributed by atoms with Crippen molar-refractivity contribution in [3.05, 3.63) is 71.6 Å². The van der Waals surface area contributed by atoms with Crippen LogP contribution in [-0.4, -0.2) is 28.5 Å². The molecule has 0 amide bonds. The molecule has 2 aromatic rings. The molecule has 0 radical (unpaired) electrons. The monoisotopic (exact) mass is 415 g/mol. The molecule has 1 aromatic heterocycles. The normalized spacial score (nSPS) is 26.3. The number of hydrogen-bond donors (Lipinski definition) is 1. The molecule has 3 nitrogen and oxygen atoms in total. The van der Waals surface area contributed by atoms with Gasteiger partial charge in [-0.25, -0.2) is 0 Å². The van der Waals surface area contributed by atoms with E-state index in [-0.39, 0.29) is 0 Å². The maximum Gasteiger partial charge on any atom is 0.0361 e. The van der Waals surface area contributed by atoms with Crippen molar-refractivity contribution in [1.29, 1.82) is 0 Å². The Balaban J connectivity index is 1.19. The van der Waals surface area contributed by atoms with Crippen molar-refractivity contribution in [2.45, 2.75) is 76.9 Å². The summed E-state index contributed by atoms with van der Waals surface area (Å²) >= 11 is 0. The number of hydrogen-bond acceptors (Lipinski definition) is 3. The van der Waals surface area contributed by atoms with Gasteiger partial charge in [-0.1, -0.05) is 56.5 Å². The first-order chi connectivity index (χ1) is 15.2. The Bertz CT molecular complexity index is 914. The van der Waals surface area contributed by atoms with Gasteiger partial charge in [-0.2, -0.15) is 0 Å². The first-order valence-electron chi connectivity index (χ1n) is 12.3. The second-order valence-electron chi connectivity index (χ2n) is 10.2. The van der Waals surface area contributed by atoms with Gasteiger partial charge in [-0.3, -0.25) is 9.88 Å². The van der Waals surface area contributed by atoms with E-state index in [2.05, 4.69) is 59.0 Å². The molecule has 3 unspecified atom stereocenters. The molecule has 1 N–H and O–H groups in total. The van der Waals surface area contributed by atoms with Crippen molar-refractivity contribution in [3.63, 3.8) is 0 Å². The van der Waals surface area contributed by atoms with E-state index in [9.17, 15) is 0 Å². The third kappa shape index (κ3) is 4.72.